The van der Waals surface area contributed by atoms with Crippen molar-refractivity contribution in [1.29, 1.82) is 0 Å². The number of nitrogens with one attached hydrogen (secondary N) is 2. The Morgan fingerprint density at radius 1 is 1.33 bits per heavy atom. The van der Waals surface area contributed by atoms with Crippen molar-refractivity contribution in [3.63, 3.8) is 0 Å². The lowest BCUT2D eigenvalue weighted by atomic mass is 9.88. The van der Waals surface area contributed by atoms with Gasteiger partial charge in [-0.15, -0.1) is 0 Å². The Morgan fingerprint density at radius 3 is 2.38 bits per heavy atom. The van der Waals surface area contributed by atoms with Gasteiger partial charge in [0.1, 0.15) is 11.7 Å². The molecular weight excluding hydrogens is 272 g/mol. The summed E-state index contributed by atoms with van der Waals surface area (Å²) >= 11 is 0. The molecule has 0 aliphatic rings. The topological polar surface area (TPSA) is 99.3 Å². The first-order valence-corrected chi connectivity index (χ1v) is 6.83. The normalized spacial score (nSPS) is 12.8. The van der Waals surface area contributed by atoms with Gasteiger partial charge in [0, 0.05) is 11.8 Å². The fraction of sp³-hybridized carbons (Fsp3) is 0.533. The summed E-state index contributed by atoms with van der Waals surface area (Å²) in [6.07, 6.45) is 2.46. The van der Waals surface area contributed by atoms with E-state index in [9.17, 15) is 19.5 Å². The molecule has 0 spiro atoms. The van der Waals surface area contributed by atoms with E-state index >= 15 is 0 Å². The molecule has 0 fully saturated rings. The summed E-state index contributed by atoms with van der Waals surface area (Å²) in [7, 11) is 0. The van der Waals surface area contributed by atoms with Crippen molar-refractivity contribution in [2.75, 3.05) is 0 Å². The molecule has 116 valence electrons. The van der Waals surface area contributed by atoms with Gasteiger partial charge in [-0.1, -0.05) is 20.8 Å². The Labute approximate surface area is 123 Å². The fourth-order valence-electron chi connectivity index (χ4n) is 1.80. The van der Waals surface area contributed by atoms with Gasteiger partial charge in [-0.3, -0.25) is 9.59 Å². The van der Waals surface area contributed by atoms with E-state index in [4.69, 9.17) is 0 Å². The Balaban J connectivity index is 2.71. The summed E-state index contributed by atoms with van der Waals surface area (Å²) in [5, 5.41) is 11.7. The molecule has 0 radical (unpaired) electrons. The molecule has 0 saturated carbocycles. The number of carboxylic acids is 1. The first kappa shape index (κ1) is 16.9. The number of ketones is 1. The highest BCUT2D eigenvalue weighted by Gasteiger charge is 2.23. The van der Waals surface area contributed by atoms with Crippen LogP contribution in [-0.2, 0) is 4.79 Å². The predicted octanol–water partition coefficient (Wildman–Crippen LogP) is 2.23. The molecule has 0 saturated heterocycles. The molecule has 1 rings (SSSR count). The van der Waals surface area contributed by atoms with Crippen LogP contribution < -0.4 is 5.32 Å². The van der Waals surface area contributed by atoms with E-state index in [0.717, 1.165) is 0 Å². The lowest BCUT2D eigenvalue weighted by molar-refractivity contribution is -0.139. The van der Waals surface area contributed by atoms with E-state index in [1.54, 1.807) is 0 Å². The standard InChI is InChI=1S/C15H22N2O4/c1-9(18)10-7-12(16-8-10)13(19)17-11(14(20)21)5-6-15(2,3)4/h7-8,11,16H,5-6H2,1-4H3,(H,17,19)(H,20,21). The van der Waals surface area contributed by atoms with E-state index in [1.165, 1.54) is 19.2 Å². The molecule has 1 aromatic rings. The fourth-order valence-corrected chi connectivity index (χ4v) is 1.80. The first-order chi connectivity index (χ1) is 9.60. The average molecular weight is 294 g/mol. The van der Waals surface area contributed by atoms with E-state index < -0.39 is 17.9 Å². The van der Waals surface area contributed by atoms with E-state index in [-0.39, 0.29) is 16.9 Å². The summed E-state index contributed by atoms with van der Waals surface area (Å²) in [6, 6.07) is 0.473. The third-order valence-electron chi connectivity index (χ3n) is 3.12. The molecule has 1 unspecified atom stereocenters. The molecule has 0 aliphatic carbocycles. The maximum Gasteiger partial charge on any atom is 0.326 e. The quantitative estimate of drug-likeness (QED) is 0.700. The first-order valence-electron chi connectivity index (χ1n) is 6.83. The molecule has 6 heteroatoms. The second-order valence-corrected chi connectivity index (χ2v) is 6.32. The number of hydrogen-bond donors (Lipinski definition) is 3. The monoisotopic (exact) mass is 294 g/mol. The van der Waals surface area contributed by atoms with Gasteiger partial charge in [0.15, 0.2) is 5.78 Å². The number of aromatic amines is 1. The zero-order valence-corrected chi connectivity index (χ0v) is 12.8. The molecular formula is C15H22N2O4. The van der Waals surface area contributed by atoms with Crippen molar-refractivity contribution in [3.05, 3.63) is 23.5 Å². The van der Waals surface area contributed by atoms with Crippen LogP contribution in [0.4, 0.5) is 0 Å². The summed E-state index contributed by atoms with van der Waals surface area (Å²) in [6.45, 7) is 7.43. The van der Waals surface area contributed by atoms with Crippen LogP contribution in [0.15, 0.2) is 12.3 Å². The number of aliphatic carboxylic acids is 1. The Hall–Kier alpha value is -2.11. The third kappa shape index (κ3) is 5.41. The minimum Gasteiger partial charge on any atom is -0.480 e. The predicted molar refractivity (Wildman–Crippen MR) is 78.4 cm³/mol. The van der Waals surface area contributed by atoms with Gasteiger partial charge in [0.2, 0.25) is 0 Å². The van der Waals surface area contributed by atoms with Crippen LogP contribution in [0.2, 0.25) is 0 Å². The molecule has 1 heterocycles. The van der Waals surface area contributed by atoms with Crippen molar-refractivity contribution in [3.8, 4) is 0 Å². The molecule has 0 aliphatic heterocycles. The molecule has 1 amide bonds. The van der Waals surface area contributed by atoms with E-state index in [1.807, 2.05) is 20.8 Å². The Kier molecular flexibility index (Phi) is 5.29. The van der Waals surface area contributed by atoms with Crippen LogP contribution in [0.1, 0.15) is 61.4 Å². The van der Waals surface area contributed by atoms with Crippen molar-refractivity contribution in [1.82, 2.24) is 10.3 Å². The number of aromatic nitrogens is 1. The zero-order valence-electron chi connectivity index (χ0n) is 12.8. The largest absolute Gasteiger partial charge is 0.480 e. The van der Waals surface area contributed by atoms with Gasteiger partial charge in [-0.05, 0) is 31.2 Å². The zero-order chi connectivity index (χ0) is 16.2. The number of carbonyl (C=O) groups excluding carboxylic acids is 2. The maximum atomic E-state index is 12.0. The minimum atomic E-state index is -1.06. The average Bonchev–Trinajstić information content (AvgIpc) is 2.82. The second-order valence-electron chi connectivity index (χ2n) is 6.32. The smallest absolute Gasteiger partial charge is 0.326 e. The van der Waals surface area contributed by atoms with E-state index in [0.29, 0.717) is 18.4 Å². The van der Waals surface area contributed by atoms with Crippen LogP contribution in [0, 0.1) is 5.41 Å². The highest BCUT2D eigenvalue weighted by Crippen LogP contribution is 2.21. The maximum absolute atomic E-state index is 12.0. The number of Topliss-reactive ketones (excluding diaryl/α,β-unsaturated/α-hetero) is 1. The molecule has 0 bridgehead atoms. The number of carboxylic acid groups (broad SMARTS) is 1. The third-order valence-corrected chi connectivity index (χ3v) is 3.12. The van der Waals surface area contributed by atoms with Crippen molar-refractivity contribution in [2.45, 2.75) is 46.6 Å². The molecule has 3 N–H and O–H groups in total. The van der Waals surface area contributed by atoms with Gasteiger partial charge in [0.25, 0.3) is 5.91 Å². The highest BCUT2D eigenvalue weighted by atomic mass is 16.4. The van der Waals surface area contributed by atoms with Gasteiger partial charge < -0.3 is 15.4 Å². The summed E-state index contributed by atoms with van der Waals surface area (Å²) in [4.78, 5) is 37.1. The molecule has 1 aromatic heterocycles. The number of carbonyl (C=O) groups is 3. The second kappa shape index (κ2) is 6.56. The molecule has 21 heavy (non-hydrogen) atoms. The minimum absolute atomic E-state index is 0.00728. The van der Waals surface area contributed by atoms with E-state index in [2.05, 4.69) is 10.3 Å². The lowest BCUT2D eigenvalue weighted by Crippen LogP contribution is -2.41. The molecule has 6 nitrogen and oxygen atoms in total. The van der Waals surface area contributed by atoms with Crippen molar-refractivity contribution in [2.24, 2.45) is 5.41 Å². The Bertz CT molecular complexity index is 540. The number of amides is 1. The van der Waals surface area contributed by atoms with Crippen LogP contribution in [0.3, 0.4) is 0 Å². The van der Waals surface area contributed by atoms with Crippen LogP contribution >= 0.6 is 0 Å². The van der Waals surface area contributed by atoms with Gasteiger partial charge in [-0.2, -0.15) is 0 Å². The number of rotatable bonds is 6. The van der Waals surface area contributed by atoms with Crippen LogP contribution in [0.5, 0.6) is 0 Å². The summed E-state index contributed by atoms with van der Waals surface area (Å²) < 4.78 is 0. The number of hydrogen-bond acceptors (Lipinski definition) is 3. The van der Waals surface area contributed by atoms with Crippen molar-refractivity contribution < 1.29 is 19.5 Å². The SMILES string of the molecule is CC(=O)c1c[nH]c(C(=O)NC(CCC(C)(C)C)C(=O)O)c1. The van der Waals surface area contributed by atoms with Crippen molar-refractivity contribution >= 4 is 17.7 Å². The molecule has 1 atom stereocenters. The van der Waals surface area contributed by atoms with Gasteiger partial charge in [-0.25, -0.2) is 4.79 Å². The summed E-state index contributed by atoms with van der Waals surface area (Å²) in [5.74, 6) is -1.75. The van der Waals surface area contributed by atoms with Crippen LogP contribution in [-0.4, -0.2) is 33.8 Å². The summed E-state index contributed by atoms with van der Waals surface area (Å²) in [5.41, 5.74) is 0.566. The van der Waals surface area contributed by atoms with Gasteiger partial charge >= 0.3 is 5.97 Å². The highest BCUT2D eigenvalue weighted by molar-refractivity contribution is 6.00. The number of H-pyrrole nitrogens is 1. The lowest BCUT2D eigenvalue weighted by Gasteiger charge is -2.21. The Morgan fingerprint density at radius 2 is 1.95 bits per heavy atom. The van der Waals surface area contributed by atoms with Crippen LogP contribution in [0.25, 0.3) is 0 Å². The molecule has 0 aromatic carbocycles. The van der Waals surface area contributed by atoms with Gasteiger partial charge in [0.05, 0.1) is 0 Å².